The molecule has 0 amide bonds. The zero-order chi connectivity index (χ0) is 18.3. The molecule has 0 spiro atoms. The van der Waals surface area contributed by atoms with Crippen molar-refractivity contribution in [3.8, 4) is 0 Å². The summed E-state index contributed by atoms with van der Waals surface area (Å²) in [6, 6.07) is 18.1. The summed E-state index contributed by atoms with van der Waals surface area (Å²) in [7, 11) is 0. The van der Waals surface area contributed by atoms with Gasteiger partial charge in [-0.05, 0) is 17.9 Å². The predicted molar refractivity (Wildman–Crippen MR) is 96.6 cm³/mol. The van der Waals surface area contributed by atoms with E-state index in [4.69, 9.17) is 4.74 Å². The van der Waals surface area contributed by atoms with Crippen LogP contribution in [0.3, 0.4) is 0 Å². The second kappa shape index (κ2) is 8.58. The number of carboxylic acids is 1. The maximum Gasteiger partial charge on any atom is 0.303 e. The van der Waals surface area contributed by atoms with E-state index in [-0.39, 0.29) is 24.5 Å². The topological polar surface area (TPSA) is 63.6 Å². The number of carbonyl (C=O) groups excluding carboxylic acids is 1. The highest BCUT2D eigenvalue weighted by atomic mass is 16.5. The van der Waals surface area contributed by atoms with Gasteiger partial charge < -0.3 is 9.84 Å². The first kappa shape index (κ1) is 18.9. The van der Waals surface area contributed by atoms with Crippen LogP contribution in [-0.4, -0.2) is 23.5 Å². The van der Waals surface area contributed by atoms with Gasteiger partial charge in [0.15, 0.2) is 11.4 Å². The Morgan fingerprint density at radius 1 is 1.00 bits per heavy atom. The van der Waals surface area contributed by atoms with Gasteiger partial charge in [0.1, 0.15) is 0 Å². The number of ketones is 1. The highest BCUT2D eigenvalue weighted by Crippen LogP contribution is 2.35. The van der Waals surface area contributed by atoms with Crippen LogP contribution in [0.15, 0.2) is 60.7 Å². The van der Waals surface area contributed by atoms with E-state index in [9.17, 15) is 14.7 Å². The zero-order valence-electron chi connectivity index (χ0n) is 14.6. The van der Waals surface area contributed by atoms with E-state index in [1.54, 1.807) is 24.3 Å². The number of hydrogen-bond donors (Lipinski definition) is 1. The Kier molecular flexibility index (Phi) is 6.48. The van der Waals surface area contributed by atoms with Crippen LogP contribution < -0.4 is 0 Å². The smallest absolute Gasteiger partial charge is 0.303 e. The molecule has 132 valence electrons. The Morgan fingerprint density at radius 2 is 1.56 bits per heavy atom. The number of aliphatic carboxylic acids is 1. The van der Waals surface area contributed by atoms with Crippen molar-refractivity contribution in [1.29, 1.82) is 0 Å². The van der Waals surface area contributed by atoms with E-state index < -0.39 is 11.6 Å². The van der Waals surface area contributed by atoms with Crippen LogP contribution in [0.2, 0.25) is 0 Å². The molecule has 2 rings (SSSR count). The van der Waals surface area contributed by atoms with Gasteiger partial charge in [-0.3, -0.25) is 9.59 Å². The number of benzene rings is 2. The summed E-state index contributed by atoms with van der Waals surface area (Å²) in [5.74, 6) is -0.938. The van der Waals surface area contributed by atoms with Gasteiger partial charge in [0.05, 0.1) is 6.61 Å². The highest BCUT2D eigenvalue weighted by Gasteiger charge is 2.42. The second-order valence-corrected chi connectivity index (χ2v) is 6.49. The first-order valence-corrected chi connectivity index (χ1v) is 8.47. The van der Waals surface area contributed by atoms with Crippen LogP contribution in [0.25, 0.3) is 0 Å². The van der Waals surface area contributed by atoms with Gasteiger partial charge in [0.2, 0.25) is 0 Å². The Bertz CT molecular complexity index is 694. The molecule has 0 aliphatic rings. The lowest BCUT2D eigenvalue weighted by atomic mass is 9.81. The molecule has 2 aromatic rings. The van der Waals surface area contributed by atoms with Gasteiger partial charge in [-0.2, -0.15) is 0 Å². The van der Waals surface area contributed by atoms with E-state index in [0.29, 0.717) is 17.7 Å². The normalized spacial score (nSPS) is 13.4. The fraction of sp³-hybridized carbons (Fsp3) is 0.333. The Hall–Kier alpha value is -2.46. The molecule has 0 heterocycles. The van der Waals surface area contributed by atoms with Crippen molar-refractivity contribution in [3.63, 3.8) is 0 Å². The molecular weight excluding hydrogens is 316 g/mol. The summed E-state index contributed by atoms with van der Waals surface area (Å²) in [5.41, 5.74) is -0.100. The molecule has 0 aliphatic heterocycles. The Labute approximate surface area is 148 Å². The summed E-state index contributed by atoms with van der Waals surface area (Å²) >= 11 is 0. The van der Waals surface area contributed by atoms with Gasteiger partial charge >= 0.3 is 5.97 Å². The van der Waals surface area contributed by atoms with Crippen molar-refractivity contribution < 1.29 is 19.4 Å². The van der Waals surface area contributed by atoms with Gasteiger partial charge in [-0.15, -0.1) is 0 Å². The lowest BCUT2D eigenvalue weighted by Gasteiger charge is -2.33. The molecule has 4 nitrogen and oxygen atoms in total. The lowest BCUT2D eigenvalue weighted by Crippen LogP contribution is -2.40. The molecule has 1 unspecified atom stereocenters. The van der Waals surface area contributed by atoms with Crippen molar-refractivity contribution in [1.82, 2.24) is 0 Å². The van der Waals surface area contributed by atoms with Crippen molar-refractivity contribution in [2.24, 2.45) is 5.92 Å². The molecule has 0 aromatic heterocycles. The summed E-state index contributed by atoms with van der Waals surface area (Å²) < 4.78 is 6.13. The van der Waals surface area contributed by atoms with Crippen LogP contribution >= 0.6 is 0 Å². The third-order valence-corrected chi connectivity index (χ3v) is 4.00. The fourth-order valence-corrected chi connectivity index (χ4v) is 2.73. The molecule has 0 fully saturated rings. The molecule has 0 radical (unpaired) electrons. The average molecular weight is 340 g/mol. The molecule has 1 atom stereocenters. The standard InChI is InChI=1S/C21H24O4/c1-16(2)15-25-21(14-13-19(22)23,18-11-7-4-8-12-18)20(24)17-9-5-3-6-10-17/h3-12,16H,13-15H2,1-2H3,(H,22,23). The van der Waals surface area contributed by atoms with E-state index >= 15 is 0 Å². The van der Waals surface area contributed by atoms with Gasteiger partial charge in [0.25, 0.3) is 0 Å². The quantitative estimate of drug-likeness (QED) is 0.691. The molecule has 25 heavy (non-hydrogen) atoms. The van der Waals surface area contributed by atoms with Crippen molar-refractivity contribution >= 4 is 11.8 Å². The minimum Gasteiger partial charge on any atom is -0.481 e. The Morgan fingerprint density at radius 3 is 2.08 bits per heavy atom. The maximum atomic E-state index is 13.4. The van der Waals surface area contributed by atoms with E-state index in [1.807, 2.05) is 50.2 Å². The minimum atomic E-state index is -1.30. The molecule has 1 N–H and O–H groups in total. The second-order valence-electron chi connectivity index (χ2n) is 6.49. The molecule has 0 saturated carbocycles. The van der Waals surface area contributed by atoms with E-state index in [1.165, 1.54) is 0 Å². The SMILES string of the molecule is CC(C)COC(CCC(=O)O)(C(=O)c1ccccc1)c1ccccc1. The summed E-state index contributed by atoms with van der Waals surface area (Å²) in [4.78, 5) is 24.6. The minimum absolute atomic E-state index is 0.0901. The van der Waals surface area contributed by atoms with Crippen molar-refractivity contribution in [3.05, 3.63) is 71.8 Å². The summed E-state index contributed by atoms with van der Waals surface area (Å²) in [6.45, 7) is 4.37. The van der Waals surface area contributed by atoms with E-state index in [2.05, 4.69) is 0 Å². The molecule has 2 aromatic carbocycles. The first-order valence-electron chi connectivity index (χ1n) is 8.47. The summed E-state index contributed by atoms with van der Waals surface area (Å²) in [6.07, 6.45) is -0.0572. The summed E-state index contributed by atoms with van der Waals surface area (Å²) in [5, 5.41) is 9.19. The number of ether oxygens (including phenoxy) is 1. The van der Waals surface area contributed by atoms with Gasteiger partial charge in [-0.25, -0.2) is 0 Å². The third kappa shape index (κ3) is 4.77. The van der Waals surface area contributed by atoms with E-state index in [0.717, 1.165) is 0 Å². The fourth-order valence-electron chi connectivity index (χ4n) is 2.73. The lowest BCUT2D eigenvalue weighted by molar-refractivity contribution is -0.138. The monoisotopic (exact) mass is 340 g/mol. The van der Waals surface area contributed by atoms with Gasteiger partial charge in [0, 0.05) is 12.0 Å². The molecule has 0 bridgehead atoms. The van der Waals surface area contributed by atoms with Crippen LogP contribution in [-0.2, 0) is 15.1 Å². The number of Topliss-reactive ketones (excluding diaryl/α,β-unsaturated/α-hetero) is 1. The molecular formula is C21H24O4. The third-order valence-electron chi connectivity index (χ3n) is 4.00. The maximum absolute atomic E-state index is 13.4. The van der Waals surface area contributed by atoms with Crippen molar-refractivity contribution in [2.75, 3.05) is 6.61 Å². The molecule has 0 saturated heterocycles. The first-order chi connectivity index (χ1) is 12.0. The number of hydrogen-bond acceptors (Lipinski definition) is 3. The largest absolute Gasteiger partial charge is 0.481 e. The Balaban J connectivity index is 2.52. The highest BCUT2D eigenvalue weighted by molar-refractivity contribution is 6.03. The predicted octanol–water partition coefficient (Wildman–Crippen LogP) is 4.30. The van der Waals surface area contributed by atoms with Crippen molar-refractivity contribution in [2.45, 2.75) is 32.3 Å². The number of rotatable bonds is 9. The molecule has 0 aliphatic carbocycles. The molecule has 4 heteroatoms. The average Bonchev–Trinajstić information content (AvgIpc) is 2.63. The van der Waals surface area contributed by atoms with Gasteiger partial charge in [-0.1, -0.05) is 74.5 Å². The number of carbonyl (C=O) groups is 2. The van der Waals surface area contributed by atoms with Crippen LogP contribution in [0.1, 0.15) is 42.6 Å². The number of carboxylic acid groups (broad SMARTS) is 1. The van der Waals surface area contributed by atoms with Crippen LogP contribution in [0, 0.1) is 5.92 Å². The zero-order valence-corrected chi connectivity index (χ0v) is 14.6. The van der Waals surface area contributed by atoms with Crippen LogP contribution in [0.4, 0.5) is 0 Å². The van der Waals surface area contributed by atoms with Crippen LogP contribution in [0.5, 0.6) is 0 Å².